The maximum atomic E-state index is 11.5. The van der Waals surface area contributed by atoms with Crippen LogP contribution in [0, 0.1) is 0 Å². The van der Waals surface area contributed by atoms with Gasteiger partial charge in [0.05, 0.1) is 5.56 Å². The van der Waals surface area contributed by atoms with Crippen molar-refractivity contribution in [2.75, 3.05) is 7.05 Å². The van der Waals surface area contributed by atoms with Gasteiger partial charge in [0, 0.05) is 31.2 Å². The number of hydrogen-bond donors (Lipinski definition) is 2. The summed E-state index contributed by atoms with van der Waals surface area (Å²) in [7, 11) is 3.45. The highest BCUT2D eigenvalue weighted by Gasteiger charge is 2.12. The molecular formula is C11H12N2O2. The molecule has 4 nitrogen and oxygen atoms in total. The van der Waals surface area contributed by atoms with Crippen molar-refractivity contribution < 1.29 is 9.90 Å². The van der Waals surface area contributed by atoms with Crippen molar-refractivity contribution in [1.29, 1.82) is 0 Å². The zero-order chi connectivity index (χ0) is 11.0. The van der Waals surface area contributed by atoms with E-state index >= 15 is 0 Å². The quantitative estimate of drug-likeness (QED) is 0.734. The molecule has 0 radical (unpaired) electrons. The third-order valence-corrected chi connectivity index (χ3v) is 2.44. The van der Waals surface area contributed by atoms with E-state index in [2.05, 4.69) is 5.32 Å². The number of hydrogen-bond acceptors (Lipinski definition) is 2. The molecule has 0 unspecified atom stereocenters. The highest BCUT2D eigenvalue weighted by molar-refractivity contribution is 6.07. The summed E-state index contributed by atoms with van der Waals surface area (Å²) in [6, 6.07) is 4.99. The first kappa shape index (κ1) is 9.58. The molecule has 78 valence electrons. The highest BCUT2D eigenvalue weighted by Crippen LogP contribution is 2.24. The number of nitrogens with zero attached hydrogens (tertiary/aromatic N) is 1. The molecule has 0 atom stereocenters. The van der Waals surface area contributed by atoms with Crippen LogP contribution in [-0.4, -0.2) is 22.6 Å². The number of nitrogens with one attached hydrogen (secondary N) is 1. The summed E-state index contributed by atoms with van der Waals surface area (Å²) in [5.41, 5.74) is 1.50. The van der Waals surface area contributed by atoms with Crippen molar-refractivity contribution in [3.8, 4) is 5.75 Å². The minimum absolute atomic E-state index is 0.147. The minimum atomic E-state index is -0.147. The van der Waals surface area contributed by atoms with Crippen LogP contribution in [-0.2, 0) is 7.05 Å². The fourth-order valence-electron chi connectivity index (χ4n) is 1.70. The molecule has 15 heavy (non-hydrogen) atoms. The number of aromatic nitrogens is 1. The van der Waals surface area contributed by atoms with Gasteiger partial charge in [-0.25, -0.2) is 0 Å². The monoisotopic (exact) mass is 204 g/mol. The van der Waals surface area contributed by atoms with Gasteiger partial charge in [-0.05, 0) is 18.2 Å². The van der Waals surface area contributed by atoms with Crippen LogP contribution in [0.15, 0.2) is 24.4 Å². The van der Waals surface area contributed by atoms with Gasteiger partial charge in [-0.3, -0.25) is 4.79 Å². The van der Waals surface area contributed by atoms with Gasteiger partial charge in [-0.15, -0.1) is 0 Å². The maximum absolute atomic E-state index is 11.5. The topological polar surface area (TPSA) is 54.3 Å². The number of aromatic hydroxyl groups is 1. The molecule has 1 aromatic heterocycles. The molecule has 1 heterocycles. The molecule has 0 saturated heterocycles. The van der Waals surface area contributed by atoms with Crippen LogP contribution in [0.2, 0.25) is 0 Å². The molecule has 2 aromatic rings. The Hall–Kier alpha value is -1.97. The third-order valence-electron chi connectivity index (χ3n) is 2.44. The number of phenols is 1. The number of amides is 1. The maximum Gasteiger partial charge on any atom is 0.253 e. The number of phenolic OH excluding ortho intramolecular Hbond substituents is 1. The number of benzene rings is 1. The van der Waals surface area contributed by atoms with Crippen molar-refractivity contribution in [2.24, 2.45) is 7.05 Å². The molecule has 0 spiro atoms. The van der Waals surface area contributed by atoms with E-state index in [-0.39, 0.29) is 11.7 Å². The molecule has 2 rings (SSSR count). The minimum Gasteiger partial charge on any atom is -0.508 e. The van der Waals surface area contributed by atoms with Crippen molar-refractivity contribution >= 4 is 16.8 Å². The lowest BCUT2D eigenvalue weighted by atomic mass is 10.1. The van der Waals surface area contributed by atoms with Crippen LogP contribution in [0.1, 0.15) is 10.4 Å². The Labute approximate surface area is 87.1 Å². The van der Waals surface area contributed by atoms with Gasteiger partial charge in [-0.2, -0.15) is 0 Å². The first-order chi connectivity index (χ1) is 7.13. The van der Waals surface area contributed by atoms with Gasteiger partial charge < -0.3 is 15.0 Å². The van der Waals surface area contributed by atoms with Crippen molar-refractivity contribution in [2.45, 2.75) is 0 Å². The first-order valence-corrected chi connectivity index (χ1v) is 4.63. The SMILES string of the molecule is CNC(=O)c1cn(C)c2ccc(O)cc12. The lowest BCUT2D eigenvalue weighted by Crippen LogP contribution is -2.17. The first-order valence-electron chi connectivity index (χ1n) is 4.63. The summed E-state index contributed by atoms with van der Waals surface area (Å²) < 4.78 is 1.86. The summed E-state index contributed by atoms with van der Waals surface area (Å²) in [6.07, 6.45) is 1.75. The second kappa shape index (κ2) is 3.31. The molecule has 0 aliphatic carbocycles. The van der Waals surface area contributed by atoms with Crippen LogP contribution >= 0.6 is 0 Å². The molecule has 0 fully saturated rings. The highest BCUT2D eigenvalue weighted by atomic mass is 16.3. The largest absolute Gasteiger partial charge is 0.508 e. The Balaban J connectivity index is 2.75. The predicted molar refractivity (Wildman–Crippen MR) is 58.0 cm³/mol. The van der Waals surface area contributed by atoms with E-state index in [1.165, 1.54) is 0 Å². The zero-order valence-electron chi connectivity index (χ0n) is 8.61. The lowest BCUT2D eigenvalue weighted by Gasteiger charge is -1.97. The molecule has 4 heteroatoms. The van der Waals surface area contributed by atoms with E-state index in [0.717, 1.165) is 10.9 Å². The molecule has 0 aliphatic heterocycles. The number of carbonyl (C=O) groups is 1. The molecule has 1 amide bonds. The molecule has 0 aliphatic rings. The van der Waals surface area contributed by atoms with E-state index < -0.39 is 0 Å². The van der Waals surface area contributed by atoms with E-state index in [1.54, 1.807) is 31.4 Å². The Morgan fingerprint density at radius 2 is 2.20 bits per heavy atom. The van der Waals surface area contributed by atoms with Gasteiger partial charge in [0.2, 0.25) is 0 Å². The molecule has 2 N–H and O–H groups in total. The molecule has 0 bridgehead atoms. The molecule has 0 saturated carbocycles. The molecule has 1 aromatic carbocycles. The Morgan fingerprint density at radius 3 is 2.87 bits per heavy atom. The van der Waals surface area contributed by atoms with Crippen molar-refractivity contribution in [1.82, 2.24) is 9.88 Å². The summed E-state index contributed by atoms with van der Waals surface area (Å²) in [4.78, 5) is 11.5. The lowest BCUT2D eigenvalue weighted by molar-refractivity contribution is 0.0964. The fraction of sp³-hybridized carbons (Fsp3) is 0.182. The van der Waals surface area contributed by atoms with E-state index in [4.69, 9.17) is 0 Å². The third kappa shape index (κ3) is 1.44. The zero-order valence-corrected chi connectivity index (χ0v) is 8.61. The average Bonchev–Trinajstić information content (AvgIpc) is 2.54. The normalized spacial score (nSPS) is 10.5. The Bertz CT molecular complexity index is 529. The van der Waals surface area contributed by atoms with Gasteiger partial charge in [0.1, 0.15) is 5.75 Å². The van der Waals surface area contributed by atoms with Gasteiger partial charge in [-0.1, -0.05) is 0 Å². The fourth-order valence-corrected chi connectivity index (χ4v) is 1.70. The molecular weight excluding hydrogens is 192 g/mol. The number of aryl methyl sites for hydroxylation is 1. The van der Waals surface area contributed by atoms with E-state index in [1.807, 2.05) is 11.6 Å². The predicted octanol–water partition coefficient (Wildman–Crippen LogP) is 1.24. The van der Waals surface area contributed by atoms with Crippen molar-refractivity contribution in [3.63, 3.8) is 0 Å². The van der Waals surface area contributed by atoms with Crippen LogP contribution in [0.3, 0.4) is 0 Å². The van der Waals surface area contributed by atoms with Crippen LogP contribution < -0.4 is 5.32 Å². The standard InChI is InChI=1S/C11H12N2O2/c1-12-11(15)9-6-13(2)10-4-3-7(14)5-8(9)10/h3-6,14H,1-2H3,(H,12,15). The average molecular weight is 204 g/mol. The number of rotatable bonds is 1. The second-order valence-electron chi connectivity index (χ2n) is 3.43. The Kier molecular flexibility index (Phi) is 2.11. The summed E-state index contributed by atoms with van der Waals surface area (Å²) in [5.74, 6) is 0.0186. The van der Waals surface area contributed by atoms with Crippen LogP contribution in [0.25, 0.3) is 10.9 Å². The Morgan fingerprint density at radius 1 is 1.47 bits per heavy atom. The van der Waals surface area contributed by atoms with Gasteiger partial charge in [0.25, 0.3) is 5.91 Å². The van der Waals surface area contributed by atoms with Crippen LogP contribution in [0.4, 0.5) is 0 Å². The smallest absolute Gasteiger partial charge is 0.253 e. The summed E-state index contributed by atoms with van der Waals surface area (Å²) in [6.45, 7) is 0. The van der Waals surface area contributed by atoms with Crippen molar-refractivity contribution in [3.05, 3.63) is 30.0 Å². The second-order valence-corrected chi connectivity index (χ2v) is 3.43. The summed E-state index contributed by atoms with van der Waals surface area (Å²) in [5, 5.41) is 12.7. The van der Waals surface area contributed by atoms with Gasteiger partial charge >= 0.3 is 0 Å². The number of fused-ring (bicyclic) bond motifs is 1. The summed E-state index contributed by atoms with van der Waals surface area (Å²) >= 11 is 0. The van der Waals surface area contributed by atoms with E-state index in [0.29, 0.717) is 5.56 Å². The van der Waals surface area contributed by atoms with Gasteiger partial charge in [0.15, 0.2) is 0 Å². The van der Waals surface area contributed by atoms with E-state index in [9.17, 15) is 9.90 Å². The van der Waals surface area contributed by atoms with Crippen LogP contribution in [0.5, 0.6) is 5.75 Å². The number of carbonyl (C=O) groups excluding carboxylic acids is 1.